The van der Waals surface area contributed by atoms with Crippen LogP contribution >= 0.6 is 11.3 Å². The normalized spacial score (nSPS) is 16.2. The summed E-state index contributed by atoms with van der Waals surface area (Å²) in [5.41, 5.74) is 0.693. The zero-order valence-electron chi connectivity index (χ0n) is 15.9. The Hall–Kier alpha value is -2.23. The lowest BCUT2D eigenvalue weighted by atomic mass is 10.1. The van der Waals surface area contributed by atoms with E-state index in [0.29, 0.717) is 49.0 Å². The van der Waals surface area contributed by atoms with E-state index in [4.69, 9.17) is 9.47 Å². The van der Waals surface area contributed by atoms with Crippen LogP contribution in [0, 0.1) is 5.82 Å². The summed E-state index contributed by atoms with van der Waals surface area (Å²) in [6, 6.07) is 11.1. The molecule has 1 aromatic heterocycles. The minimum Gasteiger partial charge on any atom is -0.492 e. The Morgan fingerprint density at radius 2 is 1.97 bits per heavy atom. The van der Waals surface area contributed by atoms with Crippen LogP contribution in [0.5, 0.6) is 10.9 Å². The van der Waals surface area contributed by atoms with Gasteiger partial charge in [-0.05, 0) is 50.1 Å². The molecule has 1 aliphatic heterocycles. The fourth-order valence-corrected chi connectivity index (χ4v) is 5.85. The average Bonchev–Trinajstić information content (AvgIpc) is 3.10. The van der Waals surface area contributed by atoms with Crippen LogP contribution in [0.1, 0.15) is 19.8 Å². The van der Waals surface area contributed by atoms with Gasteiger partial charge in [-0.3, -0.25) is 0 Å². The Labute approximate surface area is 172 Å². The Morgan fingerprint density at radius 3 is 2.72 bits per heavy atom. The van der Waals surface area contributed by atoms with Crippen LogP contribution in [-0.4, -0.2) is 43.5 Å². The van der Waals surface area contributed by atoms with Crippen LogP contribution in [0.15, 0.2) is 47.4 Å². The molecule has 0 saturated carbocycles. The Kier molecular flexibility index (Phi) is 5.71. The van der Waals surface area contributed by atoms with Gasteiger partial charge in [0.25, 0.3) is 5.19 Å². The van der Waals surface area contributed by atoms with Crippen LogP contribution in [-0.2, 0) is 10.0 Å². The third-order valence-electron chi connectivity index (χ3n) is 4.77. The van der Waals surface area contributed by atoms with Gasteiger partial charge in [0.2, 0.25) is 10.0 Å². The first-order valence-corrected chi connectivity index (χ1v) is 11.7. The van der Waals surface area contributed by atoms with Gasteiger partial charge in [0.05, 0.1) is 16.8 Å². The molecule has 29 heavy (non-hydrogen) atoms. The molecule has 4 rings (SSSR count). The minimum atomic E-state index is -3.64. The van der Waals surface area contributed by atoms with Crippen LogP contribution < -0.4 is 9.47 Å². The summed E-state index contributed by atoms with van der Waals surface area (Å²) in [7, 11) is -3.64. The molecule has 1 saturated heterocycles. The van der Waals surface area contributed by atoms with Crippen LogP contribution in [0.3, 0.4) is 0 Å². The number of thiazole rings is 1. The highest BCUT2D eigenvalue weighted by atomic mass is 32.2. The SMILES string of the molecule is CCOc1ccccc1S(=O)(=O)N1CCC(Oc2nc3ccc(F)cc3s2)CC1. The average molecular weight is 437 g/mol. The quantitative estimate of drug-likeness (QED) is 0.583. The van der Waals surface area contributed by atoms with E-state index in [1.54, 1.807) is 30.3 Å². The smallest absolute Gasteiger partial charge is 0.274 e. The number of nitrogens with zero attached hydrogens (tertiary/aromatic N) is 2. The maximum atomic E-state index is 13.3. The number of para-hydroxylation sites is 1. The standard InChI is InChI=1S/C20H21FN2O4S2/c1-2-26-17-5-3-4-6-19(17)29(24,25)23-11-9-15(10-12-23)27-20-22-16-8-7-14(21)13-18(16)28-20/h3-8,13,15H,2,9-12H2,1H3. The van der Waals surface area contributed by atoms with E-state index in [9.17, 15) is 12.8 Å². The summed E-state index contributed by atoms with van der Waals surface area (Å²) in [4.78, 5) is 4.57. The van der Waals surface area contributed by atoms with Crippen molar-refractivity contribution in [1.82, 2.24) is 9.29 Å². The van der Waals surface area contributed by atoms with E-state index < -0.39 is 10.0 Å². The van der Waals surface area contributed by atoms with E-state index in [2.05, 4.69) is 4.98 Å². The first-order chi connectivity index (χ1) is 14.0. The number of fused-ring (bicyclic) bond motifs is 1. The molecule has 0 spiro atoms. The first kappa shape index (κ1) is 20.1. The molecule has 154 valence electrons. The zero-order chi connectivity index (χ0) is 20.4. The summed E-state index contributed by atoms with van der Waals surface area (Å²) in [5.74, 6) is 0.0635. The van der Waals surface area contributed by atoms with E-state index in [0.717, 1.165) is 4.70 Å². The molecule has 0 radical (unpaired) electrons. The van der Waals surface area contributed by atoms with Gasteiger partial charge in [-0.2, -0.15) is 4.31 Å². The topological polar surface area (TPSA) is 68.7 Å². The van der Waals surface area contributed by atoms with Gasteiger partial charge in [-0.15, -0.1) is 0 Å². The van der Waals surface area contributed by atoms with E-state index in [1.165, 1.54) is 27.8 Å². The molecule has 0 N–H and O–H groups in total. The van der Waals surface area contributed by atoms with Gasteiger partial charge < -0.3 is 9.47 Å². The number of hydrogen-bond donors (Lipinski definition) is 0. The summed E-state index contributed by atoms with van der Waals surface area (Å²) >= 11 is 1.29. The van der Waals surface area contributed by atoms with Crippen molar-refractivity contribution >= 4 is 31.6 Å². The van der Waals surface area contributed by atoms with Crippen molar-refractivity contribution in [1.29, 1.82) is 0 Å². The molecule has 0 amide bonds. The third kappa shape index (κ3) is 4.22. The minimum absolute atomic E-state index is 0.131. The van der Waals surface area contributed by atoms with E-state index in [1.807, 2.05) is 6.92 Å². The highest BCUT2D eigenvalue weighted by molar-refractivity contribution is 7.89. The molecule has 3 aromatic rings. The van der Waals surface area contributed by atoms with Crippen molar-refractivity contribution < 1.29 is 22.3 Å². The molecule has 6 nitrogen and oxygen atoms in total. The number of ether oxygens (including phenoxy) is 2. The van der Waals surface area contributed by atoms with Crippen molar-refractivity contribution in [2.45, 2.75) is 30.8 Å². The van der Waals surface area contributed by atoms with Crippen LogP contribution in [0.2, 0.25) is 0 Å². The first-order valence-electron chi connectivity index (χ1n) is 9.42. The molecule has 0 unspecified atom stereocenters. The van der Waals surface area contributed by atoms with E-state index in [-0.39, 0.29) is 16.8 Å². The molecular formula is C20H21FN2O4S2. The van der Waals surface area contributed by atoms with Gasteiger partial charge >= 0.3 is 0 Å². The van der Waals surface area contributed by atoms with Gasteiger partial charge in [0.1, 0.15) is 22.6 Å². The predicted molar refractivity (Wildman–Crippen MR) is 110 cm³/mol. The maximum absolute atomic E-state index is 13.3. The number of aromatic nitrogens is 1. The molecule has 0 atom stereocenters. The highest BCUT2D eigenvalue weighted by Crippen LogP contribution is 2.32. The Bertz CT molecular complexity index is 1110. The third-order valence-corrected chi connectivity index (χ3v) is 7.61. The summed E-state index contributed by atoms with van der Waals surface area (Å²) in [5, 5.41) is 0.480. The molecule has 1 aliphatic rings. The number of piperidine rings is 1. The van der Waals surface area contributed by atoms with Crippen LogP contribution in [0.25, 0.3) is 10.2 Å². The van der Waals surface area contributed by atoms with Crippen molar-refractivity contribution in [2.75, 3.05) is 19.7 Å². The van der Waals surface area contributed by atoms with Crippen molar-refractivity contribution in [3.8, 4) is 10.9 Å². The van der Waals surface area contributed by atoms with Crippen LogP contribution in [0.4, 0.5) is 4.39 Å². The lowest BCUT2D eigenvalue weighted by Gasteiger charge is -2.31. The molecular weight excluding hydrogens is 415 g/mol. The molecule has 0 aliphatic carbocycles. The second kappa shape index (κ2) is 8.25. The fourth-order valence-electron chi connectivity index (χ4n) is 3.34. The van der Waals surface area contributed by atoms with Gasteiger partial charge in [0.15, 0.2) is 0 Å². The second-order valence-electron chi connectivity index (χ2n) is 6.69. The number of halogens is 1. The number of benzene rings is 2. The predicted octanol–water partition coefficient (Wildman–Crippen LogP) is 4.07. The zero-order valence-corrected chi connectivity index (χ0v) is 17.5. The Balaban J connectivity index is 1.43. The lowest BCUT2D eigenvalue weighted by molar-refractivity contribution is 0.135. The number of sulfonamides is 1. The van der Waals surface area contributed by atoms with Gasteiger partial charge in [0, 0.05) is 13.1 Å². The maximum Gasteiger partial charge on any atom is 0.274 e. The summed E-state index contributed by atoms with van der Waals surface area (Å²) in [6.07, 6.45) is 0.981. The molecule has 9 heteroatoms. The molecule has 2 heterocycles. The summed E-state index contributed by atoms with van der Waals surface area (Å²) in [6.45, 7) is 2.93. The number of rotatable bonds is 6. The molecule has 2 aromatic carbocycles. The van der Waals surface area contributed by atoms with Crippen molar-refractivity contribution in [3.05, 3.63) is 48.3 Å². The summed E-state index contributed by atoms with van der Waals surface area (Å²) < 4.78 is 53.1. The van der Waals surface area contributed by atoms with E-state index >= 15 is 0 Å². The van der Waals surface area contributed by atoms with Gasteiger partial charge in [-0.1, -0.05) is 23.5 Å². The van der Waals surface area contributed by atoms with Gasteiger partial charge in [-0.25, -0.2) is 17.8 Å². The largest absolute Gasteiger partial charge is 0.492 e. The Morgan fingerprint density at radius 1 is 1.21 bits per heavy atom. The monoisotopic (exact) mass is 436 g/mol. The highest BCUT2D eigenvalue weighted by Gasteiger charge is 2.32. The number of hydrogen-bond acceptors (Lipinski definition) is 6. The molecule has 1 fully saturated rings. The fraction of sp³-hybridized carbons (Fsp3) is 0.350. The second-order valence-corrected chi connectivity index (χ2v) is 9.59. The van der Waals surface area contributed by atoms with Crippen molar-refractivity contribution in [2.24, 2.45) is 0 Å². The lowest BCUT2D eigenvalue weighted by Crippen LogP contribution is -2.41. The van der Waals surface area contributed by atoms with Crippen molar-refractivity contribution in [3.63, 3.8) is 0 Å². The molecule has 0 bridgehead atoms.